The number of nitrogens with one attached hydrogen (secondary N) is 3. The Labute approximate surface area is 213 Å². The molecule has 9 nitrogen and oxygen atoms in total. The van der Waals surface area contributed by atoms with E-state index in [0.717, 1.165) is 36.4 Å². The third kappa shape index (κ3) is 7.90. The number of piperazine rings is 1. The molecule has 0 unspecified atom stereocenters. The Kier molecular flexibility index (Phi) is 9.55. The number of carbonyl (C=O) groups is 3. The third-order valence-corrected chi connectivity index (χ3v) is 5.88. The largest absolute Gasteiger partial charge is 0.368 e. The second kappa shape index (κ2) is 12.8. The molecule has 0 aromatic heterocycles. The van der Waals surface area contributed by atoms with Crippen LogP contribution < -0.4 is 20.9 Å². The van der Waals surface area contributed by atoms with Crippen LogP contribution in [0.2, 0.25) is 0 Å². The van der Waals surface area contributed by atoms with Gasteiger partial charge in [0.25, 0.3) is 0 Å². The quantitative estimate of drug-likeness (QED) is 0.514. The Morgan fingerprint density at radius 2 is 1.64 bits per heavy atom. The lowest BCUT2D eigenvalue weighted by molar-refractivity contribution is -0.116. The van der Waals surface area contributed by atoms with E-state index in [-0.39, 0.29) is 30.6 Å². The Morgan fingerprint density at radius 3 is 2.25 bits per heavy atom. The molecule has 0 spiro atoms. The fourth-order valence-corrected chi connectivity index (χ4v) is 4.08. The summed E-state index contributed by atoms with van der Waals surface area (Å²) < 4.78 is 0. The summed E-state index contributed by atoms with van der Waals surface area (Å²) in [5.41, 5.74) is 3.63. The van der Waals surface area contributed by atoms with Crippen molar-refractivity contribution in [1.82, 2.24) is 15.1 Å². The van der Waals surface area contributed by atoms with Crippen molar-refractivity contribution in [2.45, 2.75) is 40.2 Å². The van der Waals surface area contributed by atoms with Crippen LogP contribution in [0.5, 0.6) is 0 Å². The van der Waals surface area contributed by atoms with Crippen LogP contribution in [0.25, 0.3) is 0 Å². The van der Waals surface area contributed by atoms with Crippen molar-refractivity contribution >= 4 is 35.0 Å². The molecule has 1 heterocycles. The highest BCUT2D eigenvalue weighted by Gasteiger charge is 2.22. The van der Waals surface area contributed by atoms with Crippen LogP contribution in [0, 0.1) is 6.92 Å². The van der Waals surface area contributed by atoms with E-state index in [2.05, 4.69) is 20.9 Å². The highest BCUT2D eigenvalue weighted by Crippen LogP contribution is 2.20. The maximum absolute atomic E-state index is 12.6. The molecule has 194 valence electrons. The first-order chi connectivity index (χ1) is 17.2. The van der Waals surface area contributed by atoms with E-state index in [1.54, 1.807) is 0 Å². The molecule has 3 N–H and O–H groups in total. The standard InChI is InChI=1S/C27H38N6O3/c1-5-13-33(26(35)28-20(2)3)19-25(34)29-22-9-11-24(12-10-22)31-14-16-32(17-15-31)27(36)30-23-8-6-7-21(4)18-23/h6-12,18,20H,5,13-17,19H2,1-4H3,(H,28,35)(H,29,34)(H,30,36). The van der Waals surface area contributed by atoms with Crippen molar-refractivity contribution < 1.29 is 14.4 Å². The molecule has 0 bridgehead atoms. The van der Waals surface area contributed by atoms with Crippen LogP contribution >= 0.6 is 0 Å². The number of rotatable bonds is 8. The Hall–Kier alpha value is -3.75. The lowest BCUT2D eigenvalue weighted by Crippen LogP contribution is -2.50. The molecule has 3 rings (SSSR count). The van der Waals surface area contributed by atoms with E-state index in [0.29, 0.717) is 25.3 Å². The van der Waals surface area contributed by atoms with Crippen molar-refractivity contribution in [3.63, 3.8) is 0 Å². The van der Waals surface area contributed by atoms with Crippen molar-refractivity contribution in [3.8, 4) is 0 Å². The van der Waals surface area contributed by atoms with Crippen LogP contribution in [0.1, 0.15) is 32.8 Å². The van der Waals surface area contributed by atoms with E-state index in [1.807, 2.05) is 81.1 Å². The van der Waals surface area contributed by atoms with Crippen LogP contribution in [0.3, 0.4) is 0 Å². The molecular formula is C27H38N6O3. The number of aryl methyl sites for hydroxylation is 1. The fourth-order valence-electron chi connectivity index (χ4n) is 4.08. The van der Waals surface area contributed by atoms with Crippen molar-refractivity contribution in [1.29, 1.82) is 0 Å². The second-order valence-corrected chi connectivity index (χ2v) is 9.39. The third-order valence-electron chi connectivity index (χ3n) is 5.88. The van der Waals surface area contributed by atoms with Crippen molar-refractivity contribution in [2.75, 3.05) is 54.8 Å². The predicted molar refractivity (Wildman–Crippen MR) is 145 cm³/mol. The van der Waals surface area contributed by atoms with Crippen LogP contribution in [0.4, 0.5) is 26.7 Å². The van der Waals surface area contributed by atoms with Gasteiger partial charge in [-0.1, -0.05) is 19.1 Å². The van der Waals surface area contributed by atoms with Gasteiger partial charge in [-0.05, 0) is 69.2 Å². The zero-order chi connectivity index (χ0) is 26.1. The van der Waals surface area contributed by atoms with E-state index < -0.39 is 0 Å². The van der Waals surface area contributed by atoms with Gasteiger partial charge in [-0.15, -0.1) is 0 Å². The summed E-state index contributed by atoms with van der Waals surface area (Å²) in [6.45, 7) is 11.0. The normalized spacial score (nSPS) is 13.4. The molecule has 2 aromatic carbocycles. The molecule has 36 heavy (non-hydrogen) atoms. The molecule has 1 fully saturated rings. The molecular weight excluding hydrogens is 456 g/mol. The van der Waals surface area contributed by atoms with Gasteiger partial charge in [0.2, 0.25) is 5.91 Å². The molecule has 0 radical (unpaired) electrons. The minimum atomic E-state index is -0.233. The van der Waals surface area contributed by atoms with E-state index in [4.69, 9.17) is 0 Å². The average molecular weight is 495 g/mol. The van der Waals surface area contributed by atoms with Gasteiger partial charge >= 0.3 is 12.1 Å². The Morgan fingerprint density at radius 1 is 0.944 bits per heavy atom. The van der Waals surface area contributed by atoms with Gasteiger partial charge < -0.3 is 30.7 Å². The summed E-state index contributed by atoms with van der Waals surface area (Å²) in [6, 6.07) is 15.1. The van der Waals surface area contributed by atoms with Crippen LogP contribution in [-0.4, -0.2) is 73.1 Å². The first-order valence-corrected chi connectivity index (χ1v) is 12.6. The lowest BCUT2D eigenvalue weighted by atomic mass is 10.2. The maximum atomic E-state index is 12.6. The zero-order valence-corrected chi connectivity index (χ0v) is 21.7. The number of benzene rings is 2. The number of carbonyl (C=O) groups excluding carboxylic acids is 3. The summed E-state index contributed by atoms with van der Waals surface area (Å²) in [6.07, 6.45) is 0.772. The predicted octanol–water partition coefficient (Wildman–Crippen LogP) is 4.12. The first kappa shape index (κ1) is 26.8. The van der Waals surface area contributed by atoms with E-state index >= 15 is 0 Å². The summed E-state index contributed by atoms with van der Waals surface area (Å²) in [7, 11) is 0. The Bertz CT molecular complexity index is 1030. The maximum Gasteiger partial charge on any atom is 0.321 e. The number of hydrogen-bond acceptors (Lipinski definition) is 4. The molecule has 1 saturated heterocycles. The summed E-state index contributed by atoms with van der Waals surface area (Å²) >= 11 is 0. The number of nitrogens with zero attached hydrogens (tertiary/aromatic N) is 3. The van der Waals surface area contributed by atoms with Gasteiger partial charge in [0.05, 0.1) is 0 Å². The minimum Gasteiger partial charge on any atom is -0.368 e. The highest BCUT2D eigenvalue weighted by molar-refractivity contribution is 5.94. The average Bonchev–Trinajstić information content (AvgIpc) is 2.84. The second-order valence-electron chi connectivity index (χ2n) is 9.39. The van der Waals surface area contributed by atoms with Crippen LogP contribution in [-0.2, 0) is 4.79 Å². The number of anilines is 3. The van der Waals surface area contributed by atoms with Gasteiger partial charge in [0, 0.05) is 55.8 Å². The first-order valence-electron chi connectivity index (χ1n) is 12.6. The minimum absolute atomic E-state index is 0.000713. The van der Waals surface area contributed by atoms with E-state index in [9.17, 15) is 14.4 Å². The van der Waals surface area contributed by atoms with Crippen molar-refractivity contribution in [3.05, 3.63) is 54.1 Å². The molecule has 0 atom stereocenters. The fraction of sp³-hybridized carbons (Fsp3) is 0.444. The molecule has 2 aromatic rings. The molecule has 0 saturated carbocycles. The van der Waals surface area contributed by atoms with Gasteiger partial charge in [-0.25, -0.2) is 9.59 Å². The summed E-state index contributed by atoms with van der Waals surface area (Å²) in [5, 5.41) is 8.69. The van der Waals surface area contributed by atoms with E-state index in [1.165, 1.54) is 4.90 Å². The van der Waals surface area contributed by atoms with Crippen molar-refractivity contribution in [2.24, 2.45) is 0 Å². The lowest BCUT2D eigenvalue weighted by Gasteiger charge is -2.36. The summed E-state index contributed by atoms with van der Waals surface area (Å²) in [5.74, 6) is -0.233. The topological polar surface area (TPSA) is 97.0 Å². The Balaban J connectivity index is 1.48. The van der Waals surface area contributed by atoms with Gasteiger partial charge in [-0.2, -0.15) is 0 Å². The molecule has 1 aliphatic heterocycles. The molecule has 1 aliphatic rings. The SMILES string of the molecule is CCCN(CC(=O)Nc1ccc(N2CCN(C(=O)Nc3cccc(C)c3)CC2)cc1)C(=O)NC(C)C. The molecule has 0 aliphatic carbocycles. The number of urea groups is 2. The van der Waals surface area contributed by atoms with Gasteiger partial charge in [0.1, 0.15) is 6.54 Å². The highest BCUT2D eigenvalue weighted by atomic mass is 16.2. The zero-order valence-electron chi connectivity index (χ0n) is 21.7. The number of amides is 5. The monoisotopic (exact) mass is 494 g/mol. The van der Waals surface area contributed by atoms with Gasteiger partial charge in [0.15, 0.2) is 0 Å². The smallest absolute Gasteiger partial charge is 0.321 e. The van der Waals surface area contributed by atoms with Gasteiger partial charge in [-0.3, -0.25) is 4.79 Å². The molecule has 9 heteroatoms. The van der Waals surface area contributed by atoms with Crippen LogP contribution in [0.15, 0.2) is 48.5 Å². The number of hydrogen-bond donors (Lipinski definition) is 3. The summed E-state index contributed by atoms with van der Waals surface area (Å²) in [4.78, 5) is 43.0. The molecule has 5 amide bonds.